The van der Waals surface area contributed by atoms with E-state index >= 15 is 0 Å². The van der Waals surface area contributed by atoms with Crippen LogP contribution in [0.3, 0.4) is 0 Å². The summed E-state index contributed by atoms with van der Waals surface area (Å²) >= 11 is 3.52. The van der Waals surface area contributed by atoms with Crippen molar-refractivity contribution in [2.24, 2.45) is 11.3 Å². The maximum atomic E-state index is 12.7. The van der Waals surface area contributed by atoms with Crippen LogP contribution in [-0.2, 0) is 22.7 Å². The highest BCUT2D eigenvalue weighted by Crippen LogP contribution is 2.64. The fourth-order valence-electron chi connectivity index (χ4n) is 4.92. The molecule has 2 aromatic heterocycles. The minimum absolute atomic E-state index is 0.0134. The maximum Gasteiger partial charge on any atom is 0.310 e. The van der Waals surface area contributed by atoms with Crippen LogP contribution in [0.1, 0.15) is 49.3 Å². The molecule has 2 heterocycles. The number of imidazole rings is 1. The molecule has 1 fully saturated rings. The van der Waals surface area contributed by atoms with Gasteiger partial charge in [0.05, 0.1) is 29.3 Å². The Balaban J connectivity index is 1.51. The van der Waals surface area contributed by atoms with Crippen LogP contribution >= 0.6 is 15.9 Å². The van der Waals surface area contributed by atoms with Crippen molar-refractivity contribution in [3.8, 4) is 5.75 Å². The van der Waals surface area contributed by atoms with Gasteiger partial charge in [0.2, 0.25) is 0 Å². The molecular weight excluding hydrogens is 518 g/mol. The number of hydrogen-bond donors (Lipinski definition) is 0. The first-order valence-corrected chi connectivity index (χ1v) is 13.0. The quantitative estimate of drug-likeness (QED) is 0.238. The molecule has 186 valence electrons. The second kappa shape index (κ2) is 9.69. The van der Waals surface area contributed by atoms with Gasteiger partial charge in [0.15, 0.2) is 0 Å². The van der Waals surface area contributed by atoms with E-state index in [2.05, 4.69) is 51.5 Å². The standard InChI is InChI=1S/C29H30BrN3O3/c1-5-35-28(34)26-25(29(26,3)4)27-32-23-13-12-22(36-17-21-11-6-18(2)15-31-21)14-24(23)33(27)16-19-7-9-20(30)10-8-19/h6-15,25-26H,5,16-17H2,1-4H3/t25-,26+/m0/s1. The van der Waals surface area contributed by atoms with Crippen LogP contribution < -0.4 is 4.74 Å². The Morgan fingerprint density at radius 3 is 2.58 bits per heavy atom. The minimum atomic E-state index is -0.221. The Morgan fingerprint density at radius 1 is 1.11 bits per heavy atom. The van der Waals surface area contributed by atoms with Crippen molar-refractivity contribution in [3.63, 3.8) is 0 Å². The number of pyridine rings is 1. The van der Waals surface area contributed by atoms with Crippen molar-refractivity contribution in [3.05, 3.63) is 87.9 Å². The molecule has 4 aromatic rings. The smallest absolute Gasteiger partial charge is 0.310 e. The lowest BCUT2D eigenvalue weighted by molar-refractivity contribution is -0.145. The molecule has 6 nitrogen and oxygen atoms in total. The van der Waals surface area contributed by atoms with Gasteiger partial charge in [-0.25, -0.2) is 4.98 Å². The number of benzene rings is 2. The first-order chi connectivity index (χ1) is 17.3. The number of esters is 1. The number of fused-ring (bicyclic) bond motifs is 1. The van der Waals surface area contributed by atoms with Crippen LogP contribution in [0, 0.1) is 18.3 Å². The van der Waals surface area contributed by atoms with E-state index in [1.165, 1.54) is 0 Å². The van der Waals surface area contributed by atoms with Gasteiger partial charge in [-0.15, -0.1) is 0 Å². The van der Waals surface area contributed by atoms with Gasteiger partial charge in [0.25, 0.3) is 0 Å². The van der Waals surface area contributed by atoms with Crippen LogP contribution in [0.2, 0.25) is 0 Å². The van der Waals surface area contributed by atoms with E-state index in [1.807, 2.05) is 62.5 Å². The first kappa shape index (κ1) is 24.5. The molecular formula is C29H30BrN3O3. The molecule has 0 N–H and O–H groups in total. The Morgan fingerprint density at radius 2 is 1.89 bits per heavy atom. The molecule has 0 amide bonds. The molecule has 1 aliphatic rings. The zero-order valence-electron chi connectivity index (χ0n) is 21.0. The number of halogens is 1. The van der Waals surface area contributed by atoms with E-state index in [0.29, 0.717) is 19.8 Å². The monoisotopic (exact) mass is 547 g/mol. The van der Waals surface area contributed by atoms with Gasteiger partial charge < -0.3 is 14.0 Å². The normalized spacial score (nSPS) is 18.2. The van der Waals surface area contributed by atoms with E-state index in [4.69, 9.17) is 14.5 Å². The van der Waals surface area contributed by atoms with Crippen molar-refractivity contribution in [2.45, 2.75) is 46.8 Å². The number of aryl methyl sites for hydroxylation is 1. The van der Waals surface area contributed by atoms with Gasteiger partial charge in [-0.05, 0) is 60.7 Å². The molecule has 0 spiro atoms. The van der Waals surface area contributed by atoms with E-state index in [0.717, 1.165) is 43.9 Å². The summed E-state index contributed by atoms with van der Waals surface area (Å²) in [6.07, 6.45) is 1.85. The van der Waals surface area contributed by atoms with Crippen molar-refractivity contribution in [1.29, 1.82) is 0 Å². The highest BCUT2D eigenvalue weighted by molar-refractivity contribution is 9.10. The molecule has 0 unspecified atom stereocenters. The fraction of sp³-hybridized carbons (Fsp3) is 0.345. The van der Waals surface area contributed by atoms with E-state index < -0.39 is 0 Å². The second-order valence-corrected chi connectivity index (χ2v) is 10.9. The Kier molecular flexibility index (Phi) is 6.60. The van der Waals surface area contributed by atoms with Gasteiger partial charge in [0, 0.05) is 29.2 Å². The third kappa shape index (κ3) is 4.76. The SMILES string of the molecule is CCOC(=O)[C@H]1[C@@H](c2nc3ccc(OCc4ccc(C)cn4)cc3n2Cc2ccc(Br)cc2)C1(C)C. The third-order valence-electron chi connectivity index (χ3n) is 7.01. The minimum Gasteiger partial charge on any atom is -0.487 e. The van der Waals surface area contributed by atoms with Gasteiger partial charge in [-0.2, -0.15) is 0 Å². The number of nitrogens with zero attached hydrogens (tertiary/aromatic N) is 3. The zero-order chi connectivity index (χ0) is 25.4. The lowest BCUT2D eigenvalue weighted by atomic mass is 10.1. The summed E-state index contributed by atoms with van der Waals surface area (Å²) in [6.45, 7) is 9.51. The van der Waals surface area contributed by atoms with E-state index in [9.17, 15) is 4.79 Å². The average Bonchev–Trinajstić information content (AvgIpc) is 3.27. The lowest BCUT2D eigenvalue weighted by Crippen LogP contribution is -2.11. The van der Waals surface area contributed by atoms with E-state index in [-0.39, 0.29) is 23.2 Å². The molecule has 0 radical (unpaired) electrons. The van der Waals surface area contributed by atoms with Gasteiger partial charge in [-0.1, -0.05) is 48.0 Å². The topological polar surface area (TPSA) is 66.2 Å². The van der Waals surface area contributed by atoms with Gasteiger partial charge >= 0.3 is 5.97 Å². The maximum absolute atomic E-state index is 12.7. The second-order valence-electron chi connectivity index (χ2n) is 9.98. The number of ether oxygens (including phenoxy) is 2. The summed E-state index contributed by atoms with van der Waals surface area (Å²) in [4.78, 5) is 22.2. The Hall–Kier alpha value is -3.19. The van der Waals surface area contributed by atoms with Crippen molar-refractivity contribution in [1.82, 2.24) is 14.5 Å². The molecule has 5 rings (SSSR count). The average molecular weight is 548 g/mol. The number of aromatic nitrogens is 3. The number of carbonyl (C=O) groups is 1. The summed E-state index contributed by atoms with van der Waals surface area (Å²) in [5.74, 6) is 1.30. The van der Waals surface area contributed by atoms with Crippen LogP contribution in [-0.4, -0.2) is 27.1 Å². The van der Waals surface area contributed by atoms with Crippen LogP contribution in [0.25, 0.3) is 11.0 Å². The van der Waals surface area contributed by atoms with Crippen molar-refractivity contribution >= 4 is 32.9 Å². The first-order valence-electron chi connectivity index (χ1n) is 12.2. The number of rotatable bonds is 8. The lowest BCUT2D eigenvalue weighted by Gasteiger charge is -2.12. The summed E-state index contributed by atoms with van der Waals surface area (Å²) < 4.78 is 14.7. The summed E-state index contributed by atoms with van der Waals surface area (Å²) in [5, 5.41) is 0. The van der Waals surface area contributed by atoms with E-state index in [1.54, 1.807) is 0 Å². The molecule has 2 aromatic carbocycles. The van der Waals surface area contributed by atoms with Crippen molar-refractivity contribution in [2.75, 3.05) is 6.61 Å². The molecule has 1 aliphatic carbocycles. The molecule has 7 heteroatoms. The largest absolute Gasteiger partial charge is 0.487 e. The summed E-state index contributed by atoms with van der Waals surface area (Å²) in [5.41, 5.74) is 4.79. The summed E-state index contributed by atoms with van der Waals surface area (Å²) in [6, 6.07) is 18.3. The summed E-state index contributed by atoms with van der Waals surface area (Å²) in [7, 11) is 0. The fourth-order valence-corrected chi connectivity index (χ4v) is 5.18. The third-order valence-corrected chi connectivity index (χ3v) is 7.54. The van der Waals surface area contributed by atoms with Crippen LogP contribution in [0.15, 0.2) is 65.3 Å². The highest BCUT2D eigenvalue weighted by atomic mass is 79.9. The zero-order valence-corrected chi connectivity index (χ0v) is 22.6. The number of hydrogen-bond acceptors (Lipinski definition) is 5. The molecule has 36 heavy (non-hydrogen) atoms. The predicted molar refractivity (Wildman–Crippen MR) is 143 cm³/mol. The predicted octanol–water partition coefficient (Wildman–Crippen LogP) is 6.43. The molecule has 0 aliphatic heterocycles. The number of carbonyl (C=O) groups excluding carboxylic acids is 1. The molecule has 1 saturated carbocycles. The van der Waals surface area contributed by atoms with Gasteiger partial charge in [-0.3, -0.25) is 9.78 Å². The van der Waals surface area contributed by atoms with Crippen LogP contribution in [0.4, 0.5) is 0 Å². The Labute approximate surface area is 219 Å². The highest BCUT2D eigenvalue weighted by Gasteiger charge is 2.65. The van der Waals surface area contributed by atoms with Crippen LogP contribution in [0.5, 0.6) is 5.75 Å². The van der Waals surface area contributed by atoms with Gasteiger partial charge in [0.1, 0.15) is 18.2 Å². The molecule has 2 atom stereocenters. The molecule has 0 saturated heterocycles. The van der Waals surface area contributed by atoms with Crippen molar-refractivity contribution < 1.29 is 14.3 Å². The molecule has 0 bridgehead atoms. The Bertz CT molecular complexity index is 1390.